The third-order valence-electron chi connectivity index (χ3n) is 5.91. The van der Waals surface area contributed by atoms with Crippen LogP contribution in [0.5, 0.6) is 5.75 Å². The highest BCUT2D eigenvalue weighted by molar-refractivity contribution is 5.78. The van der Waals surface area contributed by atoms with E-state index < -0.39 is 0 Å². The summed E-state index contributed by atoms with van der Waals surface area (Å²) in [4.78, 5) is 17.2. The number of nitrogens with zero attached hydrogens (tertiary/aromatic N) is 2. The molecule has 0 radical (unpaired) electrons. The molecule has 3 aromatic rings. The van der Waals surface area contributed by atoms with E-state index in [2.05, 4.69) is 15.1 Å². The molecular weight excluding hydrogens is 421 g/mol. The molecule has 1 saturated heterocycles. The van der Waals surface area contributed by atoms with Crippen molar-refractivity contribution < 1.29 is 18.3 Å². The molecule has 1 aromatic heterocycles. The number of hydrogen-bond acceptors (Lipinski definition) is 5. The van der Waals surface area contributed by atoms with Crippen molar-refractivity contribution in [2.75, 3.05) is 44.2 Å². The molecule has 0 bridgehead atoms. The summed E-state index contributed by atoms with van der Waals surface area (Å²) < 4.78 is 24.4. The predicted molar refractivity (Wildman–Crippen MR) is 126 cm³/mol. The van der Waals surface area contributed by atoms with Crippen LogP contribution >= 0.6 is 0 Å². The number of carbonyl (C=O) groups excluding carboxylic acids is 1. The van der Waals surface area contributed by atoms with E-state index in [1.54, 1.807) is 6.26 Å². The molecule has 7 heteroatoms. The molecule has 1 fully saturated rings. The first-order valence-electron chi connectivity index (χ1n) is 11.4. The minimum absolute atomic E-state index is 0.0272. The summed E-state index contributed by atoms with van der Waals surface area (Å²) >= 11 is 0. The van der Waals surface area contributed by atoms with Crippen molar-refractivity contribution in [1.82, 2.24) is 10.2 Å². The fourth-order valence-electron chi connectivity index (χ4n) is 4.16. The van der Waals surface area contributed by atoms with E-state index in [-0.39, 0.29) is 17.8 Å². The van der Waals surface area contributed by atoms with Gasteiger partial charge in [-0.05, 0) is 61.0 Å². The topological polar surface area (TPSA) is 58.0 Å². The molecular formula is C26H30FN3O3. The molecule has 0 aliphatic carbocycles. The predicted octanol–water partition coefficient (Wildman–Crippen LogP) is 4.04. The maximum Gasteiger partial charge on any atom is 0.224 e. The van der Waals surface area contributed by atoms with Gasteiger partial charge in [0.15, 0.2) is 0 Å². The number of hydrogen-bond donors (Lipinski definition) is 1. The van der Waals surface area contributed by atoms with Gasteiger partial charge in [0, 0.05) is 38.4 Å². The Morgan fingerprint density at radius 1 is 1.06 bits per heavy atom. The molecule has 0 spiro atoms. The van der Waals surface area contributed by atoms with Gasteiger partial charge in [-0.15, -0.1) is 0 Å². The van der Waals surface area contributed by atoms with Crippen molar-refractivity contribution in [2.45, 2.75) is 19.4 Å². The van der Waals surface area contributed by atoms with Crippen LogP contribution in [0.1, 0.15) is 24.3 Å². The molecule has 2 aromatic carbocycles. The number of ether oxygens (including phenoxy) is 1. The van der Waals surface area contributed by atoms with E-state index in [9.17, 15) is 9.18 Å². The number of carbonyl (C=O) groups is 1. The first-order valence-corrected chi connectivity index (χ1v) is 11.4. The van der Waals surface area contributed by atoms with Crippen molar-refractivity contribution in [3.05, 3.63) is 84.1 Å². The molecule has 2 heterocycles. The van der Waals surface area contributed by atoms with Crippen LogP contribution in [0.25, 0.3) is 0 Å². The molecule has 1 aliphatic heterocycles. The lowest BCUT2D eigenvalue weighted by atomic mass is 10.1. The van der Waals surface area contributed by atoms with Crippen molar-refractivity contribution in [2.24, 2.45) is 0 Å². The summed E-state index contributed by atoms with van der Waals surface area (Å²) in [7, 11) is 0. The molecule has 1 unspecified atom stereocenters. The molecule has 1 N–H and O–H groups in total. The minimum atomic E-state index is -0.226. The summed E-state index contributed by atoms with van der Waals surface area (Å²) in [5, 5.41) is 3.08. The lowest BCUT2D eigenvalue weighted by Crippen LogP contribution is -2.50. The highest BCUT2D eigenvalue weighted by Crippen LogP contribution is 2.24. The van der Waals surface area contributed by atoms with E-state index in [1.807, 2.05) is 55.5 Å². The van der Waals surface area contributed by atoms with Crippen molar-refractivity contribution >= 4 is 11.6 Å². The van der Waals surface area contributed by atoms with Gasteiger partial charge in [-0.25, -0.2) is 4.39 Å². The van der Waals surface area contributed by atoms with E-state index >= 15 is 0 Å². The van der Waals surface area contributed by atoms with Gasteiger partial charge in [0.05, 0.1) is 25.3 Å². The standard InChI is InChI=1S/C26H30FN3O3/c1-2-32-23-11-5-20(6-12-23)18-26(31)28-19-24(25-4-3-17-33-25)30-15-13-29(14-16-30)22-9-7-21(27)8-10-22/h3-12,17,24H,2,13-16,18-19H2,1H3,(H,28,31). The zero-order chi connectivity index (χ0) is 23.0. The summed E-state index contributed by atoms with van der Waals surface area (Å²) in [6.07, 6.45) is 1.98. The van der Waals surface area contributed by atoms with Crippen LogP contribution < -0.4 is 15.0 Å². The van der Waals surface area contributed by atoms with Crippen molar-refractivity contribution in [1.29, 1.82) is 0 Å². The first-order chi connectivity index (χ1) is 16.1. The molecule has 4 rings (SSSR count). The number of amides is 1. The number of nitrogens with one attached hydrogen (secondary N) is 1. The fraction of sp³-hybridized carbons (Fsp3) is 0.346. The number of piperazine rings is 1. The number of rotatable bonds is 9. The largest absolute Gasteiger partial charge is 0.494 e. The number of furan rings is 1. The lowest BCUT2D eigenvalue weighted by molar-refractivity contribution is -0.120. The summed E-state index contributed by atoms with van der Waals surface area (Å²) in [6.45, 7) is 6.31. The first kappa shape index (κ1) is 22.9. The number of anilines is 1. The Hall–Kier alpha value is -3.32. The highest BCUT2D eigenvalue weighted by atomic mass is 19.1. The Morgan fingerprint density at radius 2 is 1.79 bits per heavy atom. The third-order valence-corrected chi connectivity index (χ3v) is 5.91. The number of benzene rings is 2. The Kier molecular flexibility index (Phi) is 7.62. The Bertz CT molecular complexity index is 998. The second kappa shape index (κ2) is 11.0. The van der Waals surface area contributed by atoms with Gasteiger partial charge in [-0.2, -0.15) is 0 Å². The summed E-state index contributed by atoms with van der Waals surface area (Å²) in [6, 6.07) is 18.0. The van der Waals surface area contributed by atoms with E-state index in [0.29, 0.717) is 19.6 Å². The smallest absolute Gasteiger partial charge is 0.224 e. The van der Waals surface area contributed by atoms with Crippen LogP contribution in [0.4, 0.5) is 10.1 Å². The highest BCUT2D eigenvalue weighted by Gasteiger charge is 2.27. The Labute approximate surface area is 193 Å². The average Bonchev–Trinajstić information content (AvgIpc) is 3.36. The van der Waals surface area contributed by atoms with Gasteiger partial charge in [-0.1, -0.05) is 12.1 Å². The molecule has 0 saturated carbocycles. The van der Waals surface area contributed by atoms with Crippen LogP contribution in [-0.2, 0) is 11.2 Å². The molecule has 174 valence electrons. The van der Waals surface area contributed by atoms with Crippen LogP contribution in [0.2, 0.25) is 0 Å². The monoisotopic (exact) mass is 451 g/mol. The van der Waals surface area contributed by atoms with Crippen molar-refractivity contribution in [3.8, 4) is 5.75 Å². The second-order valence-corrected chi connectivity index (χ2v) is 8.09. The van der Waals surface area contributed by atoms with Gasteiger partial charge in [0.25, 0.3) is 0 Å². The summed E-state index contributed by atoms with van der Waals surface area (Å²) in [5.41, 5.74) is 1.97. The molecule has 1 aliphatic rings. The molecule has 33 heavy (non-hydrogen) atoms. The van der Waals surface area contributed by atoms with Gasteiger partial charge < -0.3 is 19.4 Å². The lowest BCUT2D eigenvalue weighted by Gasteiger charge is -2.39. The van der Waals surface area contributed by atoms with Gasteiger partial charge in [0.1, 0.15) is 17.3 Å². The molecule has 1 atom stereocenters. The minimum Gasteiger partial charge on any atom is -0.494 e. The maximum absolute atomic E-state index is 13.2. The van der Waals surface area contributed by atoms with Crippen LogP contribution in [0.3, 0.4) is 0 Å². The summed E-state index contributed by atoms with van der Waals surface area (Å²) in [5.74, 6) is 1.39. The average molecular weight is 452 g/mol. The Morgan fingerprint density at radius 3 is 2.42 bits per heavy atom. The quantitative estimate of drug-likeness (QED) is 0.532. The second-order valence-electron chi connectivity index (χ2n) is 8.09. The zero-order valence-corrected chi connectivity index (χ0v) is 18.9. The molecule has 6 nitrogen and oxygen atoms in total. The maximum atomic E-state index is 13.2. The van der Waals surface area contributed by atoms with Gasteiger partial charge in [0.2, 0.25) is 5.91 Å². The number of halogens is 1. The van der Waals surface area contributed by atoms with E-state index in [4.69, 9.17) is 9.15 Å². The molecule has 1 amide bonds. The zero-order valence-electron chi connectivity index (χ0n) is 18.9. The Balaban J connectivity index is 1.33. The van der Waals surface area contributed by atoms with E-state index in [1.165, 1.54) is 12.1 Å². The van der Waals surface area contributed by atoms with Crippen LogP contribution in [0.15, 0.2) is 71.3 Å². The van der Waals surface area contributed by atoms with Gasteiger partial charge in [-0.3, -0.25) is 9.69 Å². The van der Waals surface area contributed by atoms with Crippen LogP contribution in [0, 0.1) is 5.82 Å². The third kappa shape index (κ3) is 6.14. The normalized spacial score (nSPS) is 15.3. The van der Waals surface area contributed by atoms with Gasteiger partial charge >= 0.3 is 0 Å². The SMILES string of the molecule is CCOc1ccc(CC(=O)NCC(c2ccco2)N2CCN(c3ccc(F)cc3)CC2)cc1. The van der Waals surface area contributed by atoms with Crippen LogP contribution in [-0.4, -0.2) is 50.1 Å². The fourth-order valence-corrected chi connectivity index (χ4v) is 4.16. The van der Waals surface area contributed by atoms with Crippen molar-refractivity contribution in [3.63, 3.8) is 0 Å². The van der Waals surface area contributed by atoms with E-state index in [0.717, 1.165) is 48.9 Å².